The summed E-state index contributed by atoms with van der Waals surface area (Å²) in [5.74, 6) is 0.0311. The first kappa shape index (κ1) is 11.9. The van der Waals surface area contributed by atoms with Gasteiger partial charge in [0.2, 0.25) is 5.88 Å². The van der Waals surface area contributed by atoms with Gasteiger partial charge < -0.3 is 16.2 Å². The van der Waals surface area contributed by atoms with Crippen LogP contribution in [0.25, 0.3) is 0 Å². The van der Waals surface area contributed by atoms with Crippen molar-refractivity contribution in [2.24, 2.45) is 5.73 Å². The third-order valence-corrected chi connectivity index (χ3v) is 2.50. The lowest BCUT2D eigenvalue weighted by atomic mass is 10.1. The molecule has 0 fully saturated rings. The molecule has 0 saturated carbocycles. The van der Waals surface area contributed by atoms with E-state index in [1.54, 1.807) is 43.5 Å². The second-order valence-electron chi connectivity index (χ2n) is 3.81. The van der Waals surface area contributed by atoms with Crippen molar-refractivity contribution in [1.29, 1.82) is 0 Å². The summed E-state index contributed by atoms with van der Waals surface area (Å²) < 4.78 is 5.55. The van der Waals surface area contributed by atoms with E-state index in [9.17, 15) is 4.79 Å². The van der Waals surface area contributed by atoms with E-state index in [0.29, 0.717) is 17.0 Å². The van der Waals surface area contributed by atoms with Gasteiger partial charge in [-0.25, -0.2) is 4.98 Å². The number of nitrogens with zero attached hydrogens (tertiary/aromatic N) is 1. The monoisotopic (exact) mass is 243 g/mol. The molecule has 0 unspecified atom stereocenters. The highest BCUT2D eigenvalue weighted by atomic mass is 16.5. The molecule has 92 valence electrons. The number of para-hydroxylation sites is 2. The summed E-state index contributed by atoms with van der Waals surface area (Å²) in [4.78, 5) is 15.4. The van der Waals surface area contributed by atoms with E-state index in [2.05, 4.69) is 4.98 Å². The number of carbonyl (C=O) groups excluding carboxylic acids is 1. The van der Waals surface area contributed by atoms with Crippen LogP contribution in [0.2, 0.25) is 0 Å². The molecule has 1 aromatic carbocycles. The number of ether oxygens (including phenoxy) is 1. The van der Waals surface area contributed by atoms with Crippen molar-refractivity contribution in [2.75, 3.05) is 5.73 Å². The third-order valence-electron chi connectivity index (χ3n) is 2.50. The molecule has 2 aromatic rings. The number of hydrogen-bond donors (Lipinski definition) is 2. The van der Waals surface area contributed by atoms with Crippen LogP contribution in [0, 0.1) is 6.92 Å². The Morgan fingerprint density at radius 2 is 2.00 bits per heavy atom. The van der Waals surface area contributed by atoms with Crippen LogP contribution in [0.15, 0.2) is 36.5 Å². The first-order valence-corrected chi connectivity index (χ1v) is 5.37. The van der Waals surface area contributed by atoms with Gasteiger partial charge in [-0.3, -0.25) is 4.79 Å². The van der Waals surface area contributed by atoms with E-state index in [0.717, 1.165) is 0 Å². The smallest absolute Gasteiger partial charge is 0.254 e. The fourth-order valence-electron chi connectivity index (χ4n) is 1.59. The Kier molecular flexibility index (Phi) is 3.14. The van der Waals surface area contributed by atoms with Crippen LogP contribution in [0.5, 0.6) is 11.6 Å². The number of primary amides is 1. The fourth-order valence-corrected chi connectivity index (χ4v) is 1.59. The average Bonchev–Trinajstić information content (AvgIpc) is 2.31. The van der Waals surface area contributed by atoms with E-state index in [1.807, 2.05) is 0 Å². The van der Waals surface area contributed by atoms with Crippen LogP contribution in [0.1, 0.15) is 15.9 Å². The van der Waals surface area contributed by atoms with Gasteiger partial charge in [0, 0.05) is 6.20 Å². The number of aromatic nitrogens is 1. The van der Waals surface area contributed by atoms with Crippen LogP contribution < -0.4 is 16.2 Å². The molecule has 18 heavy (non-hydrogen) atoms. The number of hydrogen-bond acceptors (Lipinski definition) is 4. The first-order chi connectivity index (χ1) is 8.59. The maximum absolute atomic E-state index is 11.4. The molecule has 0 atom stereocenters. The molecule has 0 radical (unpaired) electrons. The van der Waals surface area contributed by atoms with Crippen LogP contribution in [-0.2, 0) is 0 Å². The lowest BCUT2D eigenvalue weighted by Crippen LogP contribution is -2.15. The zero-order valence-corrected chi connectivity index (χ0v) is 9.88. The summed E-state index contributed by atoms with van der Waals surface area (Å²) in [6.07, 6.45) is 1.55. The summed E-state index contributed by atoms with van der Waals surface area (Å²) in [6, 6.07) is 8.67. The molecular formula is C13H13N3O2. The Bertz CT molecular complexity index is 597. The minimum Gasteiger partial charge on any atom is -0.436 e. The van der Waals surface area contributed by atoms with Gasteiger partial charge in [0.15, 0.2) is 5.75 Å². The van der Waals surface area contributed by atoms with Crippen LogP contribution in [0.4, 0.5) is 5.69 Å². The Hall–Kier alpha value is -2.56. The van der Waals surface area contributed by atoms with Gasteiger partial charge in [0.1, 0.15) is 5.56 Å². The summed E-state index contributed by atoms with van der Waals surface area (Å²) >= 11 is 0. The van der Waals surface area contributed by atoms with Gasteiger partial charge in [-0.05, 0) is 30.7 Å². The molecule has 0 aliphatic rings. The number of nitrogens with two attached hydrogens (primary N) is 2. The maximum Gasteiger partial charge on any atom is 0.254 e. The number of pyridine rings is 1. The molecule has 1 heterocycles. The molecule has 4 N–H and O–H groups in total. The molecular weight excluding hydrogens is 230 g/mol. The van der Waals surface area contributed by atoms with Crippen molar-refractivity contribution in [3.05, 3.63) is 47.7 Å². The summed E-state index contributed by atoms with van der Waals surface area (Å²) in [5.41, 5.74) is 12.5. The fraction of sp³-hybridized carbons (Fsp3) is 0.0769. The number of carbonyl (C=O) groups is 1. The molecule has 0 saturated heterocycles. The number of rotatable bonds is 3. The molecule has 2 rings (SSSR count). The summed E-state index contributed by atoms with van der Waals surface area (Å²) in [6.45, 7) is 1.77. The number of anilines is 1. The Morgan fingerprint density at radius 1 is 1.28 bits per heavy atom. The predicted octanol–water partition coefficient (Wildman–Crippen LogP) is 1.86. The van der Waals surface area contributed by atoms with Gasteiger partial charge in [-0.2, -0.15) is 0 Å². The van der Waals surface area contributed by atoms with Crippen LogP contribution in [-0.4, -0.2) is 10.9 Å². The molecule has 0 aliphatic carbocycles. The van der Waals surface area contributed by atoms with Crippen molar-refractivity contribution in [3.8, 4) is 11.6 Å². The Labute approximate surface area is 104 Å². The zero-order valence-electron chi connectivity index (χ0n) is 9.88. The lowest BCUT2D eigenvalue weighted by molar-refractivity contribution is 0.0997. The second-order valence-corrected chi connectivity index (χ2v) is 3.81. The molecule has 0 spiro atoms. The topological polar surface area (TPSA) is 91.2 Å². The zero-order chi connectivity index (χ0) is 13.1. The lowest BCUT2D eigenvalue weighted by Gasteiger charge is -2.11. The van der Waals surface area contributed by atoms with Crippen molar-refractivity contribution in [2.45, 2.75) is 6.92 Å². The van der Waals surface area contributed by atoms with Crippen molar-refractivity contribution < 1.29 is 9.53 Å². The van der Waals surface area contributed by atoms with E-state index >= 15 is 0 Å². The first-order valence-electron chi connectivity index (χ1n) is 5.37. The van der Waals surface area contributed by atoms with Crippen LogP contribution >= 0.6 is 0 Å². The highest BCUT2D eigenvalue weighted by Gasteiger charge is 2.15. The minimum atomic E-state index is -0.579. The summed E-state index contributed by atoms with van der Waals surface area (Å²) in [5, 5.41) is 0. The molecule has 1 amide bonds. The molecule has 5 heteroatoms. The van der Waals surface area contributed by atoms with Gasteiger partial charge in [-0.15, -0.1) is 0 Å². The van der Waals surface area contributed by atoms with Crippen molar-refractivity contribution in [1.82, 2.24) is 4.98 Å². The number of aryl methyl sites for hydroxylation is 1. The molecule has 0 bridgehead atoms. The molecule has 1 aromatic heterocycles. The van der Waals surface area contributed by atoms with E-state index < -0.39 is 5.91 Å². The van der Waals surface area contributed by atoms with Gasteiger partial charge in [-0.1, -0.05) is 12.1 Å². The quantitative estimate of drug-likeness (QED) is 0.805. The second kappa shape index (κ2) is 4.75. The van der Waals surface area contributed by atoms with Crippen molar-refractivity contribution in [3.63, 3.8) is 0 Å². The van der Waals surface area contributed by atoms with Crippen molar-refractivity contribution >= 4 is 11.6 Å². The van der Waals surface area contributed by atoms with Gasteiger partial charge >= 0.3 is 0 Å². The molecule has 0 aliphatic heterocycles. The number of nitrogen functional groups attached to an aromatic ring is 1. The van der Waals surface area contributed by atoms with E-state index in [4.69, 9.17) is 16.2 Å². The van der Waals surface area contributed by atoms with E-state index in [1.165, 1.54) is 0 Å². The molecule has 5 nitrogen and oxygen atoms in total. The number of amides is 1. The maximum atomic E-state index is 11.4. The van der Waals surface area contributed by atoms with Gasteiger partial charge in [0.05, 0.1) is 5.69 Å². The summed E-state index contributed by atoms with van der Waals surface area (Å²) in [7, 11) is 0. The van der Waals surface area contributed by atoms with Gasteiger partial charge in [0.25, 0.3) is 5.91 Å². The van der Waals surface area contributed by atoms with E-state index in [-0.39, 0.29) is 11.4 Å². The minimum absolute atomic E-state index is 0.167. The predicted molar refractivity (Wildman–Crippen MR) is 68.4 cm³/mol. The highest BCUT2D eigenvalue weighted by Crippen LogP contribution is 2.28. The SMILES string of the molecule is Cc1ccnc(Oc2ccccc2N)c1C(N)=O. The normalized spacial score (nSPS) is 10.1. The van der Waals surface area contributed by atoms with Crippen LogP contribution in [0.3, 0.4) is 0 Å². The third kappa shape index (κ3) is 2.24. The average molecular weight is 243 g/mol. The highest BCUT2D eigenvalue weighted by molar-refractivity contribution is 5.96. The Morgan fingerprint density at radius 3 is 2.67 bits per heavy atom. The number of benzene rings is 1. The standard InChI is InChI=1S/C13H13N3O2/c1-8-6-7-16-13(11(8)12(15)17)18-10-5-3-2-4-9(10)14/h2-7H,14H2,1H3,(H2,15,17). The largest absolute Gasteiger partial charge is 0.436 e. The Balaban J connectivity index is 2.44.